The van der Waals surface area contributed by atoms with E-state index in [-0.39, 0.29) is 24.2 Å². The van der Waals surface area contributed by atoms with Crippen LogP contribution in [-0.2, 0) is 9.59 Å². The van der Waals surface area contributed by atoms with E-state index in [1.54, 1.807) is 0 Å². The largest absolute Gasteiger partial charge is 0.481 e. The Morgan fingerprint density at radius 1 is 1.20 bits per heavy atom. The van der Waals surface area contributed by atoms with Crippen molar-refractivity contribution in [2.75, 3.05) is 33.7 Å². The first kappa shape index (κ1) is 29.4. The minimum absolute atomic E-state index is 0.00318. The summed E-state index contributed by atoms with van der Waals surface area (Å²) < 4.78 is 0. The number of rotatable bonds is 12. The highest BCUT2D eigenvalue weighted by atomic mass is 16.7. The number of hydrogen-bond donors (Lipinski definition) is 5. The molecule has 0 bridgehead atoms. The zero-order valence-electron chi connectivity index (χ0n) is 20.8. The van der Waals surface area contributed by atoms with Crippen LogP contribution in [-0.4, -0.2) is 67.2 Å². The fourth-order valence-corrected chi connectivity index (χ4v) is 3.78. The summed E-state index contributed by atoms with van der Waals surface area (Å²) in [7, 11) is 0. The third-order valence-electron chi connectivity index (χ3n) is 5.59. The maximum absolute atomic E-state index is 12.5. The molecule has 2 heterocycles. The molecule has 214 valence electrons. The van der Waals surface area contributed by atoms with E-state index in [1.165, 1.54) is 29.2 Å². The fraction of sp³-hybridized carbons (Fsp3) is 0.227. The topological polar surface area (TPSA) is 271 Å². The summed E-state index contributed by atoms with van der Waals surface area (Å²) in [6, 6.07) is 3.89. The highest BCUT2D eigenvalue weighted by Gasteiger charge is 2.41. The Balaban J connectivity index is 1.91. The molecule has 1 aromatic heterocycles. The number of carboxylic acid groups (broad SMARTS) is 2. The zero-order chi connectivity index (χ0) is 30.4. The highest BCUT2D eigenvalue weighted by molar-refractivity contribution is 5.97. The number of H-pyrrole nitrogens is 1. The van der Waals surface area contributed by atoms with Crippen LogP contribution >= 0.6 is 0 Å². The first-order valence-electron chi connectivity index (χ1n) is 11.4. The minimum atomic E-state index is -1.46. The number of hydrogen-bond acceptors (Lipinski definition) is 11. The van der Waals surface area contributed by atoms with Crippen molar-refractivity contribution in [3.63, 3.8) is 0 Å². The molecule has 1 aliphatic heterocycles. The van der Waals surface area contributed by atoms with Gasteiger partial charge in [0.25, 0.3) is 11.5 Å². The van der Waals surface area contributed by atoms with Crippen molar-refractivity contribution in [1.82, 2.24) is 15.3 Å². The molecule has 41 heavy (non-hydrogen) atoms. The number of anilines is 4. The van der Waals surface area contributed by atoms with E-state index in [0.29, 0.717) is 15.7 Å². The molecule has 0 saturated carbocycles. The second-order valence-electron chi connectivity index (χ2n) is 8.28. The molecule has 19 heteroatoms. The van der Waals surface area contributed by atoms with Gasteiger partial charge in [-0.1, -0.05) is 10.9 Å². The second-order valence-corrected chi connectivity index (χ2v) is 8.28. The van der Waals surface area contributed by atoms with E-state index in [2.05, 4.69) is 21.2 Å². The zero-order valence-corrected chi connectivity index (χ0v) is 20.8. The van der Waals surface area contributed by atoms with Crippen LogP contribution in [0.3, 0.4) is 0 Å². The van der Waals surface area contributed by atoms with Gasteiger partial charge in [0, 0.05) is 17.7 Å². The van der Waals surface area contributed by atoms with Gasteiger partial charge in [-0.2, -0.15) is 4.98 Å². The normalized spacial score (nSPS) is 12.8. The van der Waals surface area contributed by atoms with Gasteiger partial charge in [-0.3, -0.25) is 19.4 Å². The van der Waals surface area contributed by atoms with Crippen molar-refractivity contribution >= 4 is 41.0 Å². The van der Waals surface area contributed by atoms with Crippen molar-refractivity contribution < 1.29 is 34.7 Å². The van der Waals surface area contributed by atoms with Crippen LogP contribution in [0.1, 0.15) is 23.2 Å². The summed E-state index contributed by atoms with van der Waals surface area (Å²) in [5.74, 6) is -2.31. The van der Waals surface area contributed by atoms with Crippen LogP contribution in [0.4, 0.5) is 23.1 Å². The number of carbonyl (C=O) groups excluding carboxylic acids is 1. The van der Waals surface area contributed by atoms with Gasteiger partial charge in [0.15, 0.2) is 10.1 Å². The van der Waals surface area contributed by atoms with Gasteiger partial charge in [-0.05, 0) is 35.7 Å². The molecule has 19 nitrogen and oxygen atoms in total. The number of carbonyl (C=O) groups is 3. The average Bonchev–Trinajstić information content (AvgIpc) is 2.89. The Morgan fingerprint density at radius 2 is 1.85 bits per heavy atom. The van der Waals surface area contributed by atoms with Crippen molar-refractivity contribution in [1.29, 1.82) is 0 Å². The number of terminal acetylenes is 1. The summed E-state index contributed by atoms with van der Waals surface area (Å²) in [5, 5.41) is 42.6. The number of benzene rings is 1. The predicted octanol–water partition coefficient (Wildman–Crippen LogP) is -0.609. The standard InChI is InChI=1S/C22H21N9O10/c1-2-9-27(13-5-3-12(4-6-13)19(34)24-15(21(36)37)7-8-16(32)33)10-14-11-28(30(38)39)18-17(29(14)31(40)41)20(35)26-22(23)25-18/h1,3-6,11,15H,7-10H2,(H,24,34)(H,32,33)(H,36,37)(H3,23,25,26,35). The van der Waals surface area contributed by atoms with E-state index in [4.69, 9.17) is 17.3 Å². The number of carboxylic acids is 2. The molecule has 0 aliphatic carbocycles. The average molecular weight is 571 g/mol. The van der Waals surface area contributed by atoms with Crippen molar-refractivity contribution in [2.45, 2.75) is 18.9 Å². The number of nitrogen functional groups attached to an aromatic ring is 1. The van der Waals surface area contributed by atoms with Gasteiger partial charge >= 0.3 is 11.9 Å². The summed E-state index contributed by atoms with van der Waals surface area (Å²) in [5.41, 5.74) is 3.54. The number of hydrazine groups is 2. The summed E-state index contributed by atoms with van der Waals surface area (Å²) >= 11 is 0. The lowest BCUT2D eigenvalue weighted by atomic mass is 10.1. The monoisotopic (exact) mass is 571 g/mol. The first-order chi connectivity index (χ1) is 19.3. The fourth-order valence-electron chi connectivity index (χ4n) is 3.78. The molecular weight excluding hydrogens is 550 g/mol. The number of aliphatic carboxylic acids is 2. The number of fused-ring (bicyclic) bond motifs is 1. The third-order valence-corrected chi connectivity index (χ3v) is 5.59. The molecule has 1 unspecified atom stereocenters. The van der Waals surface area contributed by atoms with Crippen LogP contribution in [0.25, 0.3) is 0 Å². The summed E-state index contributed by atoms with van der Waals surface area (Å²) in [4.78, 5) is 78.0. The van der Waals surface area contributed by atoms with Crippen LogP contribution < -0.4 is 31.5 Å². The molecule has 0 spiro atoms. The van der Waals surface area contributed by atoms with Crippen LogP contribution in [0.15, 0.2) is 41.0 Å². The lowest BCUT2D eigenvalue weighted by Gasteiger charge is -2.29. The lowest BCUT2D eigenvalue weighted by molar-refractivity contribution is -0.496. The van der Waals surface area contributed by atoms with Crippen LogP contribution in [0.2, 0.25) is 0 Å². The molecule has 3 rings (SSSR count). The molecular formula is C22H21N9O10. The lowest BCUT2D eigenvalue weighted by Crippen LogP contribution is -2.45. The van der Waals surface area contributed by atoms with Crippen molar-refractivity contribution in [2.24, 2.45) is 0 Å². The maximum Gasteiger partial charge on any atom is 0.326 e. The number of nitrogens with one attached hydrogen (secondary N) is 2. The van der Waals surface area contributed by atoms with E-state index in [1.807, 2.05) is 0 Å². The molecule has 0 radical (unpaired) electrons. The number of nitrogens with zero attached hydrogens (tertiary/aromatic N) is 6. The maximum atomic E-state index is 12.5. The Labute approximate surface area is 228 Å². The van der Waals surface area contributed by atoms with Gasteiger partial charge < -0.3 is 26.2 Å². The Hall–Kier alpha value is -6.19. The minimum Gasteiger partial charge on any atom is -0.481 e. The van der Waals surface area contributed by atoms with E-state index >= 15 is 0 Å². The molecule has 1 aliphatic rings. The molecule has 0 saturated heterocycles. The van der Waals surface area contributed by atoms with Crippen molar-refractivity contribution in [3.8, 4) is 12.3 Å². The van der Waals surface area contributed by atoms with Gasteiger partial charge in [-0.25, -0.2) is 25.0 Å². The third kappa shape index (κ3) is 6.63. The molecule has 1 atom stereocenters. The molecule has 1 aromatic carbocycles. The van der Waals surface area contributed by atoms with E-state index in [9.17, 15) is 44.5 Å². The van der Waals surface area contributed by atoms with E-state index in [0.717, 1.165) is 6.20 Å². The molecule has 2 aromatic rings. The Morgan fingerprint density at radius 3 is 2.39 bits per heavy atom. The number of aromatic amines is 1. The van der Waals surface area contributed by atoms with Crippen molar-refractivity contribution in [3.05, 3.63) is 72.3 Å². The van der Waals surface area contributed by atoms with Crippen LogP contribution in [0, 0.1) is 32.6 Å². The SMILES string of the molecule is C#CCN(CC1=CN([N+](=O)[O-])c2nc(N)[nH]c(=O)c2N1[N+](=O)[O-])c1ccc(C(=O)NC(CCC(=O)O)C(=O)O)cc1. The van der Waals surface area contributed by atoms with Crippen LogP contribution in [0.5, 0.6) is 0 Å². The number of nitrogens with two attached hydrogens (primary N) is 1. The second kappa shape index (κ2) is 12.1. The Bertz CT molecular complexity index is 1530. The van der Waals surface area contributed by atoms with Gasteiger partial charge in [-0.15, -0.1) is 6.42 Å². The first-order valence-corrected chi connectivity index (χ1v) is 11.4. The predicted molar refractivity (Wildman–Crippen MR) is 140 cm³/mol. The molecule has 6 N–H and O–H groups in total. The van der Waals surface area contributed by atoms with Gasteiger partial charge in [0.1, 0.15) is 17.9 Å². The van der Waals surface area contributed by atoms with E-state index < -0.39 is 69.9 Å². The summed E-state index contributed by atoms with van der Waals surface area (Å²) in [6.07, 6.45) is 5.41. The van der Waals surface area contributed by atoms with Gasteiger partial charge in [0.2, 0.25) is 17.5 Å². The quantitative estimate of drug-likeness (QED) is 0.121. The summed E-state index contributed by atoms with van der Waals surface area (Å²) in [6.45, 7) is -0.604. The Kier molecular flexibility index (Phi) is 8.68. The molecule has 1 amide bonds. The number of aromatic nitrogens is 2. The van der Waals surface area contributed by atoms with Gasteiger partial charge in [0.05, 0.1) is 13.1 Å². The smallest absolute Gasteiger partial charge is 0.326 e. The highest BCUT2D eigenvalue weighted by Crippen LogP contribution is 2.33. The molecule has 0 fully saturated rings. The number of nitro groups is 2. The number of amides is 1.